The van der Waals surface area contributed by atoms with E-state index in [4.69, 9.17) is 5.11 Å². The van der Waals surface area contributed by atoms with Gasteiger partial charge in [-0.1, -0.05) is 30.3 Å². The van der Waals surface area contributed by atoms with Crippen molar-refractivity contribution in [3.8, 4) is 0 Å². The van der Waals surface area contributed by atoms with Crippen LogP contribution in [-0.2, 0) is 6.54 Å². The molecule has 98 valence electrons. The molecule has 0 radical (unpaired) electrons. The molecule has 0 aliphatic carbocycles. The first-order valence-electron chi connectivity index (χ1n) is 6.47. The van der Waals surface area contributed by atoms with Crippen LogP contribution in [-0.4, -0.2) is 35.7 Å². The molecule has 1 atom stereocenters. The Morgan fingerprint density at radius 2 is 2.17 bits per heavy atom. The van der Waals surface area contributed by atoms with Crippen molar-refractivity contribution in [1.82, 2.24) is 10.2 Å². The van der Waals surface area contributed by atoms with Gasteiger partial charge in [0, 0.05) is 26.2 Å². The molecule has 4 heteroatoms. The van der Waals surface area contributed by atoms with Crippen molar-refractivity contribution in [2.75, 3.05) is 19.7 Å². The van der Waals surface area contributed by atoms with Crippen LogP contribution in [0, 0.1) is 5.92 Å². The molecular weight excluding hydrogens is 228 g/mol. The highest BCUT2D eigenvalue weighted by Gasteiger charge is 2.25. The van der Waals surface area contributed by atoms with E-state index in [0.29, 0.717) is 12.5 Å². The summed E-state index contributed by atoms with van der Waals surface area (Å²) in [5.41, 5.74) is 1.11. The van der Waals surface area contributed by atoms with Gasteiger partial charge >= 0.3 is 6.03 Å². The second-order valence-corrected chi connectivity index (χ2v) is 4.76. The van der Waals surface area contributed by atoms with E-state index >= 15 is 0 Å². The number of benzene rings is 1. The second-order valence-electron chi connectivity index (χ2n) is 4.76. The molecule has 1 fully saturated rings. The van der Waals surface area contributed by atoms with E-state index in [9.17, 15) is 4.79 Å². The summed E-state index contributed by atoms with van der Waals surface area (Å²) < 4.78 is 0. The van der Waals surface area contributed by atoms with E-state index in [1.807, 2.05) is 35.2 Å². The summed E-state index contributed by atoms with van der Waals surface area (Å²) in [5.74, 6) is 0.456. The molecule has 1 aromatic rings. The number of nitrogens with zero attached hydrogens (tertiary/aromatic N) is 1. The fraction of sp³-hybridized carbons (Fsp3) is 0.500. The lowest BCUT2D eigenvalue weighted by Crippen LogP contribution is -2.38. The third kappa shape index (κ3) is 3.47. The largest absolute Gasteiger partial charge is 0.396 e. The first-order chi connectivity index (χ1) is 8.79. The third-order valence-corrected chi connectivity index (χ3v) is 3.40. The van der Waals surface area contributed by atoms with E-state index in [1.54, 1.807) is 0 Å². The van der Waals surface area contributed by atoms with Crippen LogP contribution in [0.1, 0.15) is 18.4 Å². The lowest BCUT2D eigenvalue weighted by molar-refractivity contribution is 0.204. The molecule has 1 aromatic carbocycles. The Bertz CT molecular complexity index is 381. The topological polar surface area (TPSA) is 52.6 Å². The van der Waals surface area contributed by atoms with Gasteiger partial charge in [0.15, 0.2) is 0 Å². The number of amides is 2. The van der Waals surface area contributed by atoms with Crippen molar-refractivity contribution in [3.63, 3.8) is 0 Å². The number of likely N-dealkylation sites (tertiary alicyclic amines) is 1. The number of hydrogen-bond donors (Lipinski definition) is 2. The Balaban J connectivity index is 1.76. The normalized spacial score (nSPS) is 18.9. The number of nitrogens with one attached hydrogen (secondary N) is 1. The van der Waals surface area contributed by atoms with Crippen LogP contribution in [0.4, 0.5) is 4.79 Å². The number of rotatable bonds is 4. The van der Waals surface area contributed by atoms with E-state index in [2.05, 4.69) is 5.32 Å². The molecule has 1 saturated heterocycles. The molecule has 0 saturated carbocycles. The Labute approximate surface area is 108 Å². The van der Waals surface area contributed by atoms with Crippen molar-refractivity contribution in [2.45, 2.75) is 19.4 Å². The number of carbonyl (C=O) groups excluding carboxylic acids is 1. The maximum Gasteiger partial charge on any atom is 0.317 e. The fourth-order valence-electron chi connectivity index (χ4n) is 2.32. The molecule has 4 nitrogen and oxygen atoms in total. The monoisotopic (exact) mass is 248 g/mol. The molecule has 2 N–H and O–H groups in total. The lowest BCUT2D eigenvalue weighted by atomic mass is 10.1. The van der Waals surface area contributed by atoms with Gasteiger partial charge in [-0.05, 0) is 24.3 Å². The average Bonchev–Trinajstić information content (AvgIpc) is 2.86. The van der Waals surface area contributed by atoms with E-state index < -0.39 is 0 Å². The minimum atomic E-state index is -0.000655. The number of aliphatic hydroxyl groups is 1. The minimum Gasteiger partial charge on any atom is -0.396 e. The van der Waals surface area contributed by atoms with Gasteiger partial charge in [0.2, 0.25) is 0 Å². The Morgan fingerprint density at radius 3 is 2.89 bits per heavy atom. The molecule has 0 aromatic heterocycles. The van der Waals surface area contributed by atoms with Gasteiger partial charge in [-0.2, -0.15) is 0 Å². The van der Waals surface area contributed by atoms with Crippen molar-refractivity contribution in [1.29, 1.82) is 0 Å². The van der Waals surface area contributed by atoms with Gasteiger partial charge in [0.05, 0.1) is 0 Å². The summed E-state index contributed by atoms with van der Waals surface area (Å²) in [7, 11) is 0. The van der Waals surface area contributed by atoms with Crippen molar-refractivity contribution < 1.29 is 9.90 Å². The maximum atomic E-state index is 11.9. The molecule has 2 rings (SSSR count). The van der Waals surface area contributed by atoms with E-state index in [0.717, 1.165) is 31.5 Å². The van der Waals surface area contributed by atoms with Gasteiger partial charge in [0.25, 0.3) is 0 Å². The predicted molar refractivity (Wildman–Crippen MR) is 70.1 cm³/mol. The molecule has 1 aliphatic heterocycles. The zero-order chi connectivity index (χ0) is 12.8. The van der Waals surface area contributed by atoms with Crippen LogP contribution >= 0.6 is 0 Å². The quantitative estimate of drug-likeness (QED) is 0.850. The van der Waals surface area contributed by atoms with Crippen LogP contribution in [0.2, 0.25) is 0 Å². The summed E-state index contributed by atoms with van der Waals surface area (Å²) in [5, 5.41) is 11.8. The van der Waals surface area contributed by atoms with E-state index in [1.165, 1.54) is 0 Å². The zero-order valence-corrected chi connectivity index (χ0v) is 10.5. The number of urea groups is 1. The molecule has 0 bridgehead atoms. The van der Waals surface area contributed by atoms with Crippen molar-refractivity contribution in [2.24, 2.45) is 5.92 Å². The standard InChI is InChI=1S/C14H20N2O2/c17-9-7-13-6-8-16(11-13)14(18)15-10-12-4-2-1-3-5-12/h1-5,13,17H,6-11H2,(H,15,18). The van der Waals surface area contributed by atoms with Gasteiger partial charge in [-0.3, -0.25) is 0 Å². The summed E-state index contributed by atoms with van der Waals surface area (Å²) in [4.78, 5) is 13.8. The van der Waals surface area contributed by atoms with Gasteiger partial charge in [-0.25, -0.2) is 4.79 Å². The summed E-state index contributed by atoms with van der Waals surface area (Å²) in [6.45, 7) is 2.34. The Morgan fingerprint density at radius 1 is 1.39 bits per heavy atom. The Hall–Kier alpha value is -1.55. The summed E-state index contributed by atoms with van der Waals surface area (Å²) in [6.07, 6.45) is 1.79. The fourth-order valence-corrected chi connectivity index (χ4v) is 2.32. The molecule has 1 unspecified atom stereocenters. The van der Waals surface area contributed by atoms with Crippen LogP contribution in [0.25, 0.3) is 0 Å². The highest BCUT2D eigenvalue weighted by atomic mass is 16.3. The molecule has 18 heavy (non-hydrogen) atoms. The van der Waals surface area contributed by atoms with Gasteiger partial charge in [-0.15, -0.1) is 0 Å². The summed E-state index contributed by atoms with van der Waals surface area (Å²) in [6, 6.07) is 9.89. The third-order valence-electron chi connectivity index (χ3n) is 3.40. The summed E-state index contributed by atoms with van der Waals surface area (Å²) >= 11 is 0. The SMILES string of the molecule is O=C(NCc1ccccc1)N1CCC(CCO)C1. The first kappa shape index (κ1) is 12.9. The lowest BCUT2D eigenvalue weighted by Gasteiger charge is -2.17. The molecule has 1 aliphatic rings. The highest BCUT2D eigenvalue weighted by molar-refractivity contribution is 5.74. The van der Waals surface area contributed by atoms with Crippen LogP contribution in [0.15, 0.2) is 30.3 Å². The van der Waals surface area contributed by atoms with Crippen molar-refractivity contribution in [3.05, 3.63) is 35.9 Å². The number of aliphatic hydroxyl groups excluding tert-OH is 1. The number of hydrogen-bond acceptors (Lipinski definition) is 2. The van der Waals surface area contributed by atoms with Gasteiger partial charge in [0.1, 0.15) is 0 Å². The number of carbonyl (C=O) groups is 1. The van der Waals surface area contributed by atoms with Crippen LogP contribution in [0.3, 0.4) is 0 Å². The van der Waals surface area contributed by atoms with E-state index in [-0.39, 0.29) is 12.6 Å². The first-order valence-corrected chi connectivity index (χ1v) is 6.47. The minimum absolute atomic E-state index is 0.000655. The molecule has 1 heterocycles. The van der Waals surface area contributed by atoms with Crippen molar-refractivity contribution >= 4 is 6.03 Å². The average molecular weight is 248 g/mol. The Kier molecular flexibility index (Phi) is 4.59. The molecule has 2 amide bonds. The second kappa shape index (κ2) is 6.40. The highest BCUT2D eigenvalue weighted by Crippen LogP contribution is 2.18. The maximum absolute atomic E-state index is 11.9. The zero-order valence-electron chi connectivity index (χ0n) is 10.5. The predicted octanol–water partition coefficient (Wildman–Crippen LogP) is 1.60. The smallest absolute Gasteiger partial charge is 0.317 e. The molecular formula is C14H20N2O2. The van der Waals surface area contributed by atoms with Crippen LogP contribution < -0.4 is 5.32 Å². The van der Waals surface area contributed by atoms with Gasteiger partial charge < -0.3 is 15.3 Å². The van der Waals surface area contributed by atoms with Crippen LogP contribution in [0.5, 0.6) is 0 Å². The molecule has 0 spiro atoms.